The molecule has 1 aliphatic rings. The molecule has 8 heteroatoms. The summed E-state index contributed by atoms with van der Waals surface area (Å²) in [5.41, 5.74) is 6.98. The molecule has 0 bridgehead atoms. The number of carbonyl (C=O) groups is 1. The summed E-state index contributed by atoms with van der Waals surface area (Å²) >= 11 is 0. The smallest absolute Gasteiger partial charge is 0.416 e. The average molecular weight is 342 g/mol. The molecule has 2 unspecified atom stereocenters. The second-order valence-corrected chi connectivity index (χ2v) is 5.93. The Bertz CT molecular complexity index is 798. The Morgan fingerprint density at radius 3 is 2.75 bits per heavy atom. The highest BCUT2D eigenvalue weighted by Gasteiger charge is 2.35. The summed E-state index contributed by atoms with van der Waals surface area (Å²) in [6, 6.07) is 2.99. The maximum Gasteiger partial charge on any atom is 0.416 e. The lowest BCUT2D eigenvalue weighted by atomic mass is 9.88. The molecule has 1 heterocycles. The maximum absolute atomic E-state index is 13.1. The number of benzene rings is 1. The summed E-state index contributed by atoms with van der Waals surface area (Å²) in [4.78, 5) is 11.2. The zero-order chi connectivity index (χ0) is 17.6. The number of hydrogen-bond donors (Lipinski definition) is 2. The molecule has 0 saturated carbocycles. The van der Waals surface area contributed by atoms with Crippen molar-refractivity contribution >= 4 is 16.9 Å². The molecule has 130 valence electrons. The van der Waals surface area contributed by atoms with Gasteiger partial charge in [0.2, 0.25) is 0 Å². The van der Waals surface area contributed by atoms with Gasteiger partial charge >= 0.3 is 12.1 Å². The van der Waals surface area contributed by atoms with Gasteiger partial charge in [-0.2, -0.15) is 13.2 Å². The van der Waals surface area contributed by atoms with Gasteiger partial charge in [-0.15, -0.1) is 0 Å². The van der Waals surface area contributed by atoms with Gasteiger partial charge in [-0.25, -0.2) is 0 Å². The predicted molar refractivity (Wildman–Crippen MR) is 80.6 cm³/mol. The molecule has 1 aromatic heterocycles. The van der Waals surface area contributed by atoms with E-state index in [2.05, 4.69) is 0 Å². The second-order valence-electron chi connectivity index (χ2n) is 5.93. The summed E-state index contributed by atoms with van der Waals surface area (Å²) in [5.74, 6) is -1.06. The Hall–Kier alpha value is -2.06. The molecule has 3 N–H and O–H groups in total. The topological polar surface area (TPSA) is 77.5 Å². The molecule has 0 amide bonds. The minimum Gasteiger partial charge on any atom is -0.480 e. The number of aliphatic carboxylic acids is 1. The fourth-order valence-corrected chi connectivity index (χ4v) is 3.47. The van der Waals surface area contributed by atoms with Gasteiger partial charge in [-0.3, -0.25) is 4.79 Å². The highest BCUT2D eigenvalue weighted by Crippen LogP contribution is 2.41. The third-order valence-electron chi connectivity index (χ3n) is 4.48. The van der Waals surface area contributed by atoms with Crippen LogP contribution in [0.25, 0.3) is 10.9 Å². The predicted octanol–water partition coefficient (Wildman–Crippen LogP) is 2.71. The zero-order valence-electron chi connectivity index (χ0n) is 12.9. The number of aromatic nitrogens is 1. The Kier molecular flexibility index (Phi) is 4.05. The number of carboxylic acids is 1. The standard InChI is InChI=1S/C16H17F3N2O3/c1-24-15-10(20)3-5-12-14(15)9-6-8(16(17,18)19)2-4-11(9)21(12)7-13(22)23/h2,4,6,10,15H,3,5,7,20H2,1H3,(H,22,23). The Morgan fingerprint density at radius 1 is 1.46 bits per heavy atom. The van der Waals surface area contributed by atoms with E-state index >= 15 is 0 Å². The van der Waals surface area contributed by atoms with E-state index < -0.39 is 23.8 Å². The third-order valence-corrected chi connectivity index (χ3v) is 4.48. The zero-order valence-corrected chi connectivity index (χ0v) is 12.9. The molecule has 1 aliphatic carbocycles. The fraction of sp³-hybridized carbons (Fsp3) is 0.438. The molecule has 24 heavy (non-hydrogen) atoms. The first-order valence-electron chi connectivity index (χ1n) is 7.46. The van der Waals surface area contributed by atoms with Gasteiger partial charge in [-0.1, -0.05) is 0 Å². The van der Waals surface area contributed by atoms with Crippen molar-refractivity contribution in [3.8, 4) is 0 Å². The van der Waals surface area contributed by atoms with E-state index in [9.17, 15) is 18.0 Å². The molecular formula is C16H17F3N2O3. The van der Waals surface area contributed by atoms with Crippen LogP contribution < -0.4 is 5.73 Å². The number of carboxylic acid groups (broad SMARTS) is 1. The van der Waals surface area contributed by atoms with E-state index in [0.29, 0.717) is 35.0 Å². The van der Waals surface area contributed by atoms with Crippen LogP contribution in [-0.2, 0) is 28.7 Å². The molecule has 5 nitrogen and oxygen atoms in total. The van der Waals surface area contributed by atoms with Crippen LogP contribution in [0.2, 0.25) is 0 Å². The molecule has 2 aromatic rings. The first kappa shape index (κ1) is 16.8. The number of nitrogens with two attached hydrogens (primary N) is 1. The van der Waals surface area contributed by atoms with Crippen LogP contribution in [0, 0.1) is 0 Å². The second kappa shape index (κ2) is 5.78. The first-order chi connectivity index (χ1) is 11.2. The van der Waals surface area contributed by atoms with Crippen LogP contribution in [0.1, 0.15) is 29.3 Å². The van der Waals surface area contributed by atoms with Crippen molar-refractivity contribution in [3.05, 3.63) is 35.0 Å². The fourth-order valence-electron chi connectivity index (χ4n) is 3.47. The Labute approximate surface area is 135 Å². The van der Waals surface area contributed by atoms with Gasteiger partial charge < -0.3 is 20.1 Å². The number of nitrogens with zero attached hydrogens (tertiary/aromatic N) is 1. The van der Waals surface area contributed by atoms with E-state index in [-0.39, 0.29) is 12.6 Å². The van der Waals surface area contributed by atoms with Crippen LogP contribution >= 0.6 is 0 Å². The number of hydrogen-bond acceptors (Lipinski definition) is 3. The monoisotopic (exact) mass is 342 g/mol. The van der Waals surface area contributed by atoms with E-state index in [1.807, 2.05) is 0 Å². The molecule has 0 radical (unpaired) electrons. The maximum atomic E-state index is 13.1. The SMILES string of the molecule is COC1c2c(n(CC(=O)O)c3ccc(C(F)(F)F)cc23)CCC1N. The average Bonchev–Trinajstić information content (AvgIpc) is 2.80. The lowest BCUT2D eigenvalue weighted by Gasteiger charge is -2.29. The van der Waals surface area contributed by atoms with Crippen molar-refractivity contribution < 1.29 is 27.8 Å². The molecular weight excluding hydrogens is 325 g/mol. The largest absolute Gasteiger partial charge is 0.480 e. The minimum absolute atomic E-state index is 0.317. The van der Waals surface area contributed by atoms with Gasteiger partial charge in [0, 0.05) is 35.3 Å². The van der Waals surface area contributed by atoms with Crippen molar-refractivity contribution in [2.45, 2.75) is 37.7 Å². The quantitative estimate of drug-likeness (QED) is 0.899. The molecule has 0 fully saturated rings. The van der Waals surface area contributed by atoms with Gasteiger partial charge in [-0.05, 0) is 31.0 Å². The van der Waals surface area contributed by atoms with E-state index in [4.69, 9.17) is 15.6 Å². The van der Waals surface area contributed by atoms with Crippen molar-refractivity contribution in [2.24, 2.45) is 5.73 Å². The summed E-state index contributed by atoms with van der Waals surface area (Å²) in [6.07, 6.45) is -3.96. The van der Waals surface area contributed by atoms with Gasteiger partial charge in [0.15, 0.2) is 0 Å². The van der Waals surface area contributed by atoms with Crippen molar-refractivity contribution in [3.63, 3.8) is 0 Å². The summed E-state index contributed by atoms with van der Waals surface area (Å²) in [5, 5.41) is 9.50. The summed E-state index contributed by atoms with van der Waals surface area (Å²) < 4.78 is 46.2. The van der Waals surface area contributed by atoms with Crippen LogP contribution in [0.5, 0.6) is 0 Å². The molecule has 0 saturated heterocycles. The van der Waals surface area contributed by atoms with Crippen molar-refractivity contribution in [2.75, 3.05) is 7.11 Å². The van der Waals surface area contributed by atoms with Gasteiger partial charge in [0.1, 0.15) is 6.54 Å². The van der Waals surface area contributed by atoms with E-state index in [1.54, 1.807) is 4.57 Å². The van der Waals surface area contributed by atoms with Crippen LogP contribution in [0.15, 0.2) is 18.2 Å². The number of ether oxygens (including phenoxy) is 1. The minimum atomic E-state index is -4.48. The highest BCUT2D eigenvalue weighted by molar-refractivity contribution is 5.88. The number of alkyl halides is 3. The Balaban J connectivity index is 2.31. The van der Waals surface area contributed by atoms with E-state index in [1.165, 1.54) is 13.2 Å². The van der Waals surface area contributed by atoms with Gasteiger partial charge in [0.25, 0.3) is 0 Å². The third kappa shape index (κ3) is 2.65. The first-order valence-corrected chi connectivity index (χ1v) is 7.46. The number of fused-ring (bicyclic) bond motifs is 3. The molecule has 3 rings (SSSR count). The van der Waals surface area contributed by atoms with Crippen molar-refractivity contribution in [1.82, 2.24) is 4.57 Å². The molecule has 0 spiro atoms. The van der Waals surface area contributed by atoms with E-state index in [0.717, 1.165) is 12.1 Å². The van der Waals surface area contributed by atoms with Crippen LogP contribution in [0.3, 0.4) is 0 Å². The van der Waals surface area contributed by atoms with Gasteiger partial charge in [0.05, 0.1) is 11.7 Å². The van der Waals surface area contributed by atoms with Crippen LogP contribution in [0.4, 0.5) is 13.2 Å². The summed E-state index contributed by atoms with van der Waals surface area (Å²) in [7, 11) is 1.45. The summed E-state index contributed by atoms with van der Waals surface area (Å²) in [6.45, 7) is -0.317. The van der Waals surface area contributed by atoms with Crippen molar-refractivity contribution in [1.29, 1.82) is 0 Å². The normalized spacial score (nSPS) is 21.0. The Morgan fingerprint density at radius 2 is 2.17 bits per heavy atom. The number of rotatable bonds is 3. The number of methoxy groups -OCH3 is 1. The molecule has 0 aliphatic heterocycles. The molecule has 1 aromatic carbocycles. The number of halogens is 3. The highest BCUT2D eigenvalue weighted by atomic mass is 19.4. The lowest BCUT2D eigenvalue weighted by Crippen LogP contribution is -2.34. The lowest BCUT2D eigenvalue weighted by molar-refractivity contribution is -0.138. The molecule has 2 atom stereocenters. The van der Waals surface area contributed by atoms with Crippen LogP contribution in [-0.4, -0.2) is 28.8 Å².